The fourth-order valence-electron chi connectivity index (χ4n) is 3.03. The molecule has 3 rings (SSSR count). The molecule has 5 nitrogen and oxygen atoms in total. The van der Waals surface area contributed by atoms with Crippen molar-refractivity contribution in [2.24, 2.45) is 7.05 Å². The van der Waals surface area contributed by atoms with Gasteiger partial charge in [0.25, 0.3) is 11.5 Å². The molecule has 1 aliphatic rings. The average molecular weight is 362 g/mol. The van der Waals surface area contributed by atoms with Crippen LogP contribution in [0.3, 0.4) is 0 Å². The Labute approximate surface area is 149 Å². The van der Waals surface area contributed by atoms with Crippen molar-refractivity contribution >= 4 is 5.91 Å². The summed E-state index contributed by atoms with van der Waals surface area (Å²) in [6.45, 7) is 2.49. The van der Waals surface area contributed by atoms with Crippen LogP contribution in [0.25, 0.3) is 0 Å². The second kappa shape index (κ2) is 7.27. The smallest absolute Gasteiger partial charge is 0.259 e. The number of ether oxygens (including phenoxy) is 1. The number of piperidine rings is 1. The first-order valence-electron chi connectivity index (χ1n) is 8.44. The van der Waals surface area contributed by atoms with E-state index in [4.69, 9.17) is 4.74 Å². The van der Waals surface area contributed by atoms with Crippen LogP contribution in [0, 0.1) is 18.6 Å². The molecule has 0 atom stereocenters. The second-order valence-corrected chi connectivity index (χ2v) is 6.44. The van der Waals surface area contributed by atoms with E-state index in [1.807, 2.05) is 6.92 Å². The van der Waals surface area contributed by atoms with Crippen LogP contribution >= 0.6 is 0 Å². The molecule has 7 heteroatoms. The van der Waals surface area contributed by atoms with Gasteiger partial charge in [-0.15, -0.1) is 0 Å². The zero-order valence-electron chi connectivity index (χ0n) is 14.7. The number of likely N-dealkylation sites (tertiary alicyclic amines) is 1. The SMILES string of the molecule is Cc1cc(OC2CCN(C(=O)c3c(F)cccc3F)CC2)cc(=O)n1C. The molecule has 0 saturated carbocycles. The Kier molecular flexibility index (Phi) is 5.06. The molecule has 2 aromatic rings. The summed E-state index contributed by atoms with van der Waals surface area (Å²) < 4.78 is 34.9. The lowest BCUT2D eigenvalue weighted by Gasteiger charge is -2.32. The van der Waals surface area contributed by atoms with Crippen molar-refractivity contribution in [2.45, 2.75) is 25.9 Å². The highest BCUT2D eigenvalue weighted by Crippen LogP contribution is 2.21. The highest BCUT2D eigenvalue weighted by atomic mass is 19.1. The number of nitrogens with zero attached hydrogens (tertiary/aromatic N) is 2. The summed E-state index contributed by atoms with van der Waals surface area (Å²) in [5.74, 6) is -1.87. The van der Waals surface area contributed by atoms with E-state index < -0.39 is 23.1 Å². The van der Waals surface area contributed by atoms with Gasteiger partial charge in [-0.2, -0.15) is 0 Å². The van der Waals surface area contributed by atoms with Crippen LogP contribution in [0.5, 0.6) is 5.75 Å². The van der Waals surface area contributed by atoms with E-state index in [1.54, 1.807) is 13.1 Å². The van der Waals surface area contributed by atoms with E-state index in [1.165, 1.54) is 21.6 Å². The highest BCUT2D eigenvalue weighted by molar-refractivity contribution is 5.94. The molecule has 1 aliphatic heterocycles. The van der Waals surface area contributed by atoms with Gasteiger partial charge in [0.05, 0.1) is 0 Å². The molecule has 0 aliphatic carbocycles. The monoisotopic (exact) mass is 362 g/mol. The molecular weight excluding hydrogens is 342 g/mol. The van der Waals surface area contributed by atoms with Gasteiger partial charge in [-0.3, -0.25) is 9.59 Å². The first kappa shape index (κ1) is 18.1. The average Bonchev–Trinajstić information content (AvgIpc) is 2.60. The van der Waals surface area contributed by atoms with E-state index in [-0.39, 0.29) is 11.7 Å². The van der Waals surface area contributed by atoms with Crippen molar-refractivity contribution in [3.63, 3.8) is 0 Å². The number of hydrogen-bond donors (Lipinski definition) is 0. The minimum absolute atomic E-state index is 0.150. The van der Waals surface area contributed by atoms with E-state index in [0.717, 1.165) is 17.8 Å². The minimum Gasteiger partial charge on any atom is -0.490 e. The molecule has 1 fully saturated rings. The zero-order valence-corrected chi connectivity index (χ0v) is 14.7. The van der Waals surface area contributed by atoms with Gasteiger partial charge in [0.15, 0.2) is 0 Å². The summed E-state index contributed by atoms with van der Waals surface area (Å²) in [4.78, 5) is 25.6. The van der Waals surface area contributed by atoms with Crippen LogP contribution in [-0.2, 0) is 7.05 Å². The van der Waals surface area contributed by atoms with Crippen LogP contribution in [0.15, 0.2) is 35.1 Å². The largest absolute Gasteiger partial charge is 0.490 e. The Bertz CT molecular complexity index is 867. The number of carbonyl (C=O) groups excluding carboxylic acids is 1. The number of halogens is 2. The third-order valence-corrected chi connectivity index (χ3v) is 4.69. The standard InChI is InChI=1S/C19H20F2N2O3/c1-12-10-14(11-17(24)22(12)2)26-13-6-8-23(9-7-13)19(25)18-15(20)4-3-5-16(18)21/h3-5,10-11,13H,6-9H2,1-2H3. The Balaban J connectivity index is 1.64. The lowest BCUT2D eigenvalue weighted by Crippen LogP contribution is -2.42. The second-order valence-electron chi connectivity index (χ2n) is 6.44. The van der Waals surface area contributed by atoms with Crippen molar-refractivity contribution in [1.29, 1.82) is 0 Å². The molecule has 0 N–H and O–H groups in total. The Morgan fingerprint density at radius 3 is 2.35 bits per heavy atom. The molecule has 0 spiro atoms. The molecule has 0 unspecified atom stereocenters. The normalized spacial score (nSPS) is 15.2. The van der Waals surface area contributed by atoms with Crippen LogP contribution in [0.2, 0.25) is 0 Å². The van der Waals surface area contributed by atoms with Gasteiger partial charge in [-0.25, -0.2) is 8.78 Å². The van der Waals surface area contributed by atoms with Gasteiger partial charge in [0.1, 0.15) is 29.1 Å². The number of rotatable bonds is 3. The lowest BCUT2D eigenvalue weighted by molar-refractivity contribution is 0.0586. The topological polar surface area (TPSA) is 51.5 Å². The number of aryl methyl sites for hydroxylation is 1. The number of aromatic nitrogens is 1. The van der Waals surface area contributed by atoms with Gasteiger partial charge in [0, 0.05) is 44.7 Å². The summed E-state index contributed by atoms with van der Waals surface area (Å²) >= 11 is 0. The summed E-state index contributed by atoms with van der Waals surface area (Å²) in [5.41, 5.74) is 0.117. The highest BCUT2D eigenvalue weighted by Gasteiger charge is 2.28. The zero-order chi connectivity index (χ0) is 18.8. The van der Waals surface area contributed by atoms with E-state index in [2.05, 4.69) is 0 Å². The molecule has 1 aromatic carbocycles. The van der Waals surface area contributed by atoms with Crippen molar-refractivity contribution < 1.29 is 18.3 Å². The Hall–Kier alpha value is -2.70. The number of amides is 1. The molecular formula is C19H20F2N2O3. The summed E-state index contributed by atoms with van der Waals surface area (Å²) in [6.07, 6.45) is 0.891. The van der Waals surface area contributed by atoms with Crippen molar-refractivity contribution in [3.05, 3.63) is 63.6 Å². The molecule has 0 bridgehead atoms. The number of pyridine rings is 1. The molecule has 26 heavy (non-hydrogen) atoms. The number of hydrogen-bond acceptors (Lipinski definition) is 3. The van der Waals surface area contributed by atoms with E-state index in [9.17, 15) is 18.4 Å². The van der Waals surface area contributed by atoms with Crippen LogP contribution in [0.1, 0.15) is 28.9 Å². The van der Waals surface area contributed by atoms with Crippen LogP contribution in [0.4, 0.5) is 8.78 Å². The molecule has 1 aromatic heterocycles. The minimum atomic E-state index is -0.857. The van der Waals surface area contributed by atoms with Gasteiger partial charge < -0.3 is 14.2 Å². The molecule has 0 radical (unpaired) electrons. The first-order valence-corrected chi connectivity index (χ1v) is 8.44. The number of benzene rings is 1. The van der Waals surface area contributed by atoms with Crippen molar-refractivity contribution in [2.75, 3.05) is 13.1 Å². The predicted molar refractivity (Wildman–Crippen MR) is 92.3 cm³/mol. The molecule has 1 amide bonds. The summed E-state index contributed by atoms with van der Waals surface area (Å²) in [6, 6.07) is 6.59. The summed E-state index contributed by atoms with van der Waals surface area (Å²) in [7, 11) is 1.69. The van der Waals surface area contributed by atoms with E-state index in [0.29, 0.717) is 31.7 Å². The van der Waals surface area contributed by atoms with Crippen molar-refractivity contribution in [1.82, 2.24) is 9.47 Å². The molecule has 138 valence electrons. The van der Waals surface area contributed by atoms with Crippen molar-refractivity contribution in [3.8, 4) is 5.75 Å². The Morgan fingerprint density at radius 1 is 1.15 bits per heavy atom. The molecule has 1 saturated heterocycles. The maximum Gasteiger partial charge on any atom is 0.259 e. The lowest BCUT2D eigenvalue weighted by atomic mass is 10.1. The quantitative estimate of drug-likeness (QED) is 0.844. The fraction of sp³-hybridized carbons (Fsp3) is 0.368. The third-order valence-electron chi connectivity index (χ3n) is 4.69. The number of carbonyl (C=O) groups is 1. The maximum atomic E-state index is 13.8. The Morgan fingerprint density at radius 2 is 1.77 bits per heavy atom. The molecule has 2 heterocycles. The third kappa shape index (κ3) is 3.61. The van der Waals surface area contributed by atoms with Gasteiger partial charge in [0.2, 0.25) is 0 Å². The van der Waals surface area contributed by atoms with Gasteiger partial charge >= 0.3 is 0 Å². The first-order chi connectivity index (χ1) is 12.4. The van der Waals surface area contributed by atoms with Gasteiger partial charge in [-0.1, -0.05) is 6.07 Å². The fourth-order valence-corrected chi connectivity index (χ4v) is 3.03. The maximum absolute atomic E-state index is 13.8. The van der Waals surface area contributed by atoms with Crippen LogP contribution in [-0.4, -0.2) is 34.6 Å². The van der Waals surface area contributed by atoms with Gasteiger partial charge in [-0.05, 0) is 25.1 Å². The predicted octanol–water partition coefficient (Wildman–Crippen LogP) is 2.66. The van der Waals surface area contributed by atoms with E-state index >= 15 is 0 Å². The van der Waals surface area contributed by atoms with Crippen LogP contribution < -0.4 is 10.3 Å². The summed E-state index contributed by atoms with van der Waals surface area (Å²) in [5, 5.41) is 0.